The van der Waals surface area contributed by atoms with E-state index in [0.717, 1.165) is 12.8 Å². The van der Waals surface area contributed by atoms with Crippen molar-refractivity contribution in [3.05, 3.63) is 0 Å². The molecule has 0 saturated carbocycles. The molecule has 0 amide bonds. The topological polar surface area (TPSA) is 57.5 Å². The lowest BCUT2D eigenvalue weighted by molar-refractivity contribution is -0.877. The number of carboxylic acid groups (broad SMARTS) is 1. The number of carbonyl (C=O) groups is 1. The quantitative estimate of drug-likeness (QED) is 0.0753. The molecule has 0 aromatic heterocycles. The molecule has 222 valence electrons. The van der Waals surface area contributed by atoms with Crippen LogP contribution >= 0.6 is 0 Å². The van der Waals surface area contributed by atoms with Crippen molar-refractivity contribution in [3.8, 4) is 0 Å². The number of likely N-dealkylation sites (N-methyl/N-ethyl adjacent to an activating group) is 1. The van der Waals surface area contributed by atoms with E-state index >= 15 is 0 Å². The molecule has 0 aliphatic carbocycles. The van der Waals surface area contributed by atoms with Crippen molar-refractivity contribution < 1.29 is 19.5 Å². The van der Waals surface area contributed by atoms with Crippen LogP contribution in [0.1, 0.15) is 174 Å². The van der Waals surface area contributed by atoms with Gasteiger partial charge in [0.25, 0.3) is 0 Å². The van der Waals surface area contributed by atoms with Gasteiger partial charge in [0.05, 0.1) is 27.6 Å². The minimum atomic E-state index is -1.09. The van der Waals surface area contributed by atoms with Crippen molar-refractivity contribution in [2.45, 2.75) is 179 Å². The normalized spacial score (nSPS) is 13.6. The van der Waals surface area contributed by atoms with Crippen LogP contribution in [-0.2, 0) is 4.79 Å². The molecule has 4 heteroatoms. The van der Waals surface area contributed by atoms with Gasteiger partial charge in [-0.1, -0.05) is 161 Å². The maximum Gasteiger partial charge on any atom is 0.306 e. The maximum absolute atomic E-state index is 11.2. The summed E-state index contributed by atoms with van der Waals surface area (Å²) in [6, 6.07) is 0. The Bertz CT molecular complexity index is 502. The number of hydrogen-bond donors (Lipinski definition) is 2. The van der Waals surface area contributed by atoms with E-state index < -0.39 is 11.6 Å². The molecule has 0 rings (SSSR count). The minimum Gasteiger partial charge on any atom is -0.481 e. The second-order valence-corrected chi connectivity index (χ2v) is 13.1. The molecular formula is C33H68NO3+. The molecule has 1 unspecified atom stereocenters. The van der Waals surface area contributed by atoms with E-state index in [-0.39, 0.29) is 6.42 Å². The Labute approximate surface area is 232 Å². The van der Waals surface area contributed by atoms with Gasteiger partial charge in [-0.25, -0.2) is 0 Å². The van der Waals surface area contributed by atoms with Crippen LogP contribution in [0.5, 0.6) is 0 Å². The molecule has 0 aliphatic rings. The van der Waals surface area contributed by atoms with E-state index in [1.165, 1.54) is 141 Å². The molecule has 0 radical (unpaired) electrons. The summed E-state index contributed by atoms with van der Waals surface area (Å²) in [7, 11) is 6.02. The van der Waals surface area contributed by atoms with Crippen LogP contribution in [0.25, 0.3) is 0 Å². The van der Waals surface area contributed by atoms with Crippen LogP contribution in [0.3, 0.4) is 0 Å². The number of aliphatic hydroxyl groups is 1. The lowest BCUT2D eigenvalue weighted by Gasteiger charge is -2.34. The highest BCUT2D eigenvalue weighted by Gasteiger charge is 2.35. The Morgan fingerprint density at radius 2 is 0.811 bits per heavy atom. The van der Waals surface area contributed by atoms with E-state index in [1.807, 2.05) is 21.1 Å². The second kappa shape index (κ2) is 24.4. The van der Waals surface area contributed by atoms with Crippen LogP contribution < -0.4 is 0 Å². The van der Waals surface area contributed by atoms with Gasteiger partial charge < -0.3 is 14.7 Å². The third kappa shape index (κ3) is 28.2. The first-order valence-corrected chi connectivity index (χ1v) is 16.4. The highest BCUT2D eigenvalue weighted by Crippen LogP contribution is 2.23. The monoisotopic (exact) mass is 527 g/mol. The maximum atomic E-state index is 11.2. The molecule has 1 atom stereocenters. The fourth-order valence-corrected chi connectivity index (χ4v) is 5.80. The molecule has 0 aromatic carbocycles. The first kappa shape index (κ1) is 36.4. The molecular weight excluding hydrogens is 458 g/mol. The number of nitrogens with zero attached hydrogens (tertiary/aromatic N) is 1. The molecule has 0 saturated heterocycles. The largest absolute Gasteiger partial charge is 0.481 e. The number of quaternary nitrogens is 1. The van der Waals surface area contributed by atoms with E-state index in [9.17, 15) is 9.90 Å². The van der Waals surface area contributed by atoms with Gasteiger partial charge in [0, 0.05) is 0 Å². The van der Waals surface area contributed by atoms with Crippen molar-refractivity contribution >= 4 is 5.97 Å². The summed E-state index contributed by atoms with van der Waals surface area (Å²) in [5.41, 5.74) is -1.09. The number of rotatable bonds is 29. The summed E-state index contributed by atoms with van der Waals surface area (Å²) in [5, 5.41) is 20.0. The van der Waals surface area contributed by atoms with E-state index in [2.05, 4.69) is 6.92 Å². The highest BCUT2D eigenvalue weighted by atomic mass is 16.4. The first-order valence-electron chi connectivity index (χ1n) is 16.4. The summed E-state index contributed by atoms with van der Waals surface area (Å²) >= 11 is 0. The van der Waals surface area contributed by atoms with E-state index in [0.29, 0.717) is 17.4 Å². The summed E-state index contributed by atoms with van der Waals surface area (Å²) in [4.78, 5) is 11.2. The first-order chi connectivity index (χ1) is 17.7. The van der Waals surface area contributed by atoms with Gasteiger partial charge in [-0.2, -0.15) is 0 Å². The van der Waals surface area contributed by atoms with Crippen molar-refractivity contribution in [3.63, 3.8) is 0 Å². The zero-order valence-corrected chi connectivity index (χ0v) is 25.8. The summed E-state index contributed by atoms with van der Waals surface area (Å²) < 4.78 is 0.586. The van der Waals surface area contributed by atoms with Crippen LogP contribution in [0.15, 0.2) is 0 Å². The Morgan fingerprint density at radius 1 is 0.541 bits per heavy atom. The summed E-state index contributed by atoms with van der Waals surface area (Å²) in [6.07, 6.45) is 33.4. The van der Waals surface area contributed by atoms with Gasteiger partial charge in [0.1, 0.15) is 12.1 Å². The van der Waals surface area contributed by atoms with Gasteiger partial charge in [-0.15, -0.1) is 0 Å². The van der Waals surface area contributed by atoms with Crippen LogP contribution in [-0.4, -0.2) is 54.0 Å². The number of carboxylic acids is 1. The molecule has 0 bridgehead atoms. The average molecular weight is 527 g/mol. The Balaban J connectivity index is 3.37. The molecule has 0 heterocycles. The fraction of sp³-hybridized carbons (Fsp3) is 0.970. The lowest BCUT2D eigenvalue weighted by Crippen LogP contribution is -2.50. The van der Waals surface area contributed by atoms with Gasteiger partial charge in [0.2, 0.25) is 0 Å². The highest BCUT2D eigenvalue weighted by molar-refractivity contribution is 5.68. The second-order valence-electron chi connectivity index (χ2n) is 13.1. The van der Waals surface area contributed by atoms with Crippen LogP contribution in [0.4, 0.5) is 0 Å². The molecule has 0 fully saturated rings. The zero-order chi connectivity index (χ0) is 27.7. The Hall–Kier alpha value is -0.610. The summed E-state index contributed by atoms with van der Waals surface area (Å²) in [5.74, 6) is -0.903. The van der Waals surface area contributed by atoms with Crippen LogP contribution in [0.2, 0.25) is 0 Å². The molecule has 0 aromatic rings. The molecule has 37 heavy (non-hydrogen) atoms. The van der Waals surface area contributed by atoms with Crippen molar-refractivity contribution in [1.82, 2.24) is 0 Å². The fourth-order valence-electron chi connectivity index (χ4n) is 5.80. The molecule has 0 spiro atoms. The van der Waals surface area contributed by atoms with Gasteiger partial charge in [0.15, 0.2) is 0 Å². The van der Waals surface area contributed by atoms with Gasteiger partial charge >= 0.3 is 5.97 Å². The zero-order valence-electron chi connectivity index (χ0n) is 25.8. The minimum absolute atomic E-state index is 0.151. The number of unbranched alkanes of at least 4 members (excludes halogenated alkanes) is 23. The number of aliphatic carboxylic acids is 1. The third-order valence-corrected chi connectivity index (χ3v) is 7.74. The predicted molar refractivity (Wildman–Crippen MR) is 161 cm³/mol. The number of hydrogen-bond acceptors (Lipinski definition) is 2. The van der Waals surface area contributed by atoms with Crippen molar-refractivity contribution in [2.24, 2.45) is 0 Å². The Morgan fingerprint density at radius 3 is 1.05 bits per heavy atom. The van der Waals surface area contributed by atoms with Crippen molar-refractivity contribution in [2.75, 3.05) is 27.7 Å². The Kier molecular flexibility index (Phi) is 24.0. The van der Waals surface area contributed by atoms with Crippen molar-refractivity contribution in [1.29, 1.82) is 0 Å². The lowest BCUT2D eigenvalue weighted by atomic mass is 9.91. The average Bonchev–Trinajstić information content (AvgIpc) is 2.80. The van der Waals surface area contributed by atoms with Crippen LogP contribution in [0, 0.1) is 0 Å². The van der Waals surface area contributed by atoms with Gasteiger partial charge in [-0.05, 0) is 6.42 Å². The standard InChI is InChI=1S/C33H67NO3/c1-5-6-7-8-9-10-11-12-13-14-15-16-17-18-19-20-21-22-23-24-25-26-27-28-29-33(37,30-32(35)36)31-34(2,3)4/h37H,5-31H2,1-4H3/p+1. The molecule has 0 aliphatic heterocycles. The predicted octanol–water partition coefficient (Wildman–Crippen LogP) is 9.67. The smallest absolute Gasteiger partial charge is 0.306 e. The van der Waals surface area contributed by atoms with E-state index in [4.69, 9.17) is 5.11 Å². The SMILES string of the molecule is CCCCCCCCCCCCCCCCCCCCCCCCCCC(O)(CC(=O)O)C[N+](C)(C)C. The third-order valence-electron chi connectivity index (χ3n) is 7.74. The molecule has 4 nitrogen and oxygen atoms in total. The molecule has 2 N–H and O–H groups in total. The van der Waals surface area contributed by atoms with Gasteiger partial charge in [-0.3, -0.25) is 4.79 Å². The summed E-state index contributed by atoms with van der Waals surface area (Å²) in [6.45, 7) is 2.78. The van der Waals surface area contributed by atoms with E-state index in [1.54, 1.807) is 0 Å².